The lowest BCUT2D eigenvalue weighted by Gasteiger charge is -2.27. The van der Waals surface area contributed by atoms with Crippen LogP contribution in [0.15, 0.2) is 90.1 Å². The van der Waals surface area contributed by atoms with Crippen LogP contribution in [0.2, 0.25) is 0 Å². The molecule has 0 saturated carbocycles. The van der Waals surface area contributed by atoms with Crippen LogP contribution in [0.4, 0.5) is 0 Å². The number of benzene rings is 3. The van der Waals surface area contributed by atoms with Crippen LogP contribution in [0.1, 0.15) is 95.8 Å². The number of nitrogens with two attached hydrogens (primary N) is 5. The Bertz CT molecular complexity index is 3470. The molecule has 0 unspecified atom stereocenters. The summed E-state index contributed by atoms with van der Waals surface area (Å²) in [6.45, 7) is 4.36. The molecule has 4 aromatic rings. The Hall–Kier alpha value is -11.2. The fourth-order valence-electron chi connectivity index (χ4n) is 10.1. The van der Waals surface area contributed by atoms with E-state index in [4.69, 9.17) is 28.7 Å². The number of guanidine groups is 1. The molecule has 14 amide bonds. The highest BCUT2D eigenvalue weighted by molar-refractivity contribution is 6.00. The number of phenolic OH excluding ortho intramolecular Hbond substituents is 1. The number of aliphatic imine (C=N–C) groups is 1. The minimum Gasteiger partial charge on any atom is -0.508 e. The molecule has 3 aromatic carbocycles. The number of nitrogens with one attached hydrogen (secondary N) is 12. The van der Waals surface area contributed by atoms with Crippen molar-refractivity contribution in [3.8, 4) is 5.75 Å². The van der Waals surface area contributed by atoms with Gasteiger partial charge in [-0.3, -0.25) is 72.1 Å². The fourth-order valence-corrected chi connectivity index (χ4v) is 10.1. The van der Waals surface area contributed by atoms with Gasteiger partial charge in [0.2, 0.25) is 82.7 Å². The molecular formula is C64H90N18O16. The molecule has 532 valence electrons. The summed E-state index contributed by atoms with van der Waals surface area (Å²) in [5, 5.41) is 48.1. The molecule has 0 aliphatic heterocycles. The van der Waals surface area contributed by atoms with Crippen molar-refractivity contribution >= 4 is 99.6 Å². The van der Waals surface area contributed by atoms with Crippen molar-refractivity contribution in [1.82, 2.24) is 63.5 Å². The summed E-state index contributed by atoms with van der Waals surface area (Å²) >= 11 is 0. The molecule has 0 saturated heterocycles. The molecule has 1 heterocycles. The smallest absolute Gasteiger partial charge is 0.245 e. The quantitative estimate of drug-likeness (QED) is 0.0112. The maximum absolute atomic E-state index is 14.5. The number of hydrogen-bond acceptors (Lipinski definition) is 17. The first kappa shape index (κ1) is 79.2. The lowest BCUT2D eigenvalue weighted by atomic mass is 10.0. The van der Waals surface area contributed by atoms with E-state index < -0.39 is 157 Å². The second kappa shape index (κ2) is 40.3. The van der Waals surface area contributed by atoms with Crippen molar-refractivity contribution in [1.29, 1.82) is 0 Å². The van der Waals surface area contributed by atoms with Gasteiger partial charge in [0.1, 0.15) is 60.1 Å². The number of aromatic hydroxyl groups is 1. The summed E-state index contributed by atoms with van der Waals surface area (Å²) in [6, 6.07) is 6.85. The van der Waals surface area contributed by atoms with Gasteiger partial charge in [0.25, 0.3) is 0 Å². The number of aromatic nitrogens is 1. The zero-order valence-corrected chi connectivity index (χ0v) is 54.9. The molecule has 0 aliphatic carbocycles. The van der Waals surface area contributed by atoms with Crippen molar-refractivity contribution < 1.29 is 77.3 Å². The van der Waals surface area contributed by atoms with Crippen LogP contribution < -0.4 is 87.2 Å². The molecule has 24 N–H and O–H groups in total. The summed E-state index contributed by atoms with van der Waals surface area (Å²) in [7, 11) is 0. The van der Waals surface area contributed by atoms with Crippen LogP contribution in [0.5, 0.6) is 5.75 Å². The molecule has 98 heavy (non-hydrogen) atoms. The average molecular weight is 1370 g/mol. The molecule has 0 radical (unpaired) electrons. The Balaban J connectivity index is 1.54. The monoisotopic (exact) mass is 1370 g/mol. The highest BCUT2D eigenvalue weighted by Crippen LogP contribution is 2.20. The number of nitrogens with zero attached hydrogens (tertiary/aromatic N) is 1. The normalized spacial score (nSPS) is 13.7. The van der Waals surface area contributed by atoms with Gasteiger partial charge in [0.05, 0.1) is 26.0 Å². The van der Waals surface area contributed by atoms with Crippen LogP contribution in [0.25, 0.3) is 10.9 Å². The minimum atomic E-state index is -1.94. The number of para-hydroxylation sites is 1. The topological polar surface area (TPSA) is 570 Å². The predicted octanol–water partition coefficient (Wildman–Crippen LogP) is -4.96. The van der Waals surface area contributed by atoms with Gasteiger partial charge < -0.3 is 102 Å². The number of H-pyrrole nitrogens is 1. The Kier molecular flexibility index (Phi) is 32.6. The molecule has 0 spiro atoms. The minimum absolute atomic E-state index is 0.0145. The number of phenols is 1. The van der Waals surface area contributed by atoms with E-state index in [0.717, 1.165) is 6.92 Å². The maximum atomic E-state index is 14.5. The first-order valence-electron chi connectivity index (χ1n) is 31.5. The Labute approximate surface area is 564 Å². The molecule has 9 atom stereocenters. The van der Waals surface area contributed by atoms with Crippen LogP contribution in [-0.2, 0) is 86.4 Å². The molecule has 4 rings (SSSR count). The lowest BCUT2D eigenvalue weighted by Crippen LogP contribution is -2.61. The number of carbonyl (C=O) groups is 14. The van der Waals surface area contributed by atoms with E-state index in [1.165, 1.54) is 37.4 Å². The van der Waals surface area contributed by atoms with Gasteiger partial charge in [-0.2, -0.15) is 0 Å². The van der Waals surface area contributed by atoms with Crippen molar-refractivity contribution in [2.45, 2.75) is 153 Å². The fraction of sp³-hybridized carbons (Fsp3) is 0.453. The third kappa shape index (κ3) is 28.4. The van der Waals surface area contributed by atoms with Gasteiger partial charge >= 0.3 is 0 Å². The van der Waals surface area contributed by atoms with Crippen molar-refractivity contribution in [2.75, 3.05) is 26.2 Å². The van der Waals surface area contributed by atoms with Crippen molar-refractivity contribution in [3.05, 3.63) is 102 Å². The van der Waals surface area contributed by atoms with Gasteiger partial charge in [0, 0.05) is 63.3 Å². The van der Waals surface area contributed by atoms with Gasteiger partial charge in [0.15, 0.2) is 5.96 Å². The number of rotatable bonds is 42. The van der Waals surface area contributed by atoms with Crippen LogP contribution in [0.3, 0.4) is 0 Å². The number of hydrogen-bond donors (Lipinski definition) is 19. The zero-order valence-electron chi connectivity index (χ0n) is 54.9. The number of amides is 14. The summed E-state index contributed by atoms with van der Waals surface area (Å²) in [4.78, 5) is 194. The van der Waals surface area contributed by atoms with E-state index in [0.29, 0.717) is 40.4 Å². The number of primary amides is 3. The number of aliphatic hydroxyl groups excluding tert-OH is 1. The third-order valence-electron chi connectivity index (χ3n) is 14.9. The molecule has 34 nitrogen and oxygen atoms in total. The van der Waals surface area contributed by atoms with E-state index >= 15 is 0 Å². The largest absolute Gasteiger partial charge is 0.508 e. The number of fused-ring (bicyclic) bond motifs is 1. The van der Waals surface area contributed by atoms with E-state index in [1.807, 2.05) is 0 Å². The van der Waals surface area contributed by atoms with Gasteiger partial charge in [-0.25, -0.2) is 0 Å². The molecule has 34 heteroatoms. The predicted molar refractivity (Wildman–Crippen MR) is 356 cm³/mol. The van der Waals surface area contributed by atoms with Gasteiger partial charge in [-0.15, -0.1) is 0 Å². The van der Waals surface area contributed by atoms with E-state index in [-0.39, 0.29) is 81.6 Å². The Morgan fingerprint density at radius 1 is 0.480 bits per heavy atom. The van der Waals surface area contributed by atoms with E-state index in [1.54, 1.807) is 68.4 Å². The molecule has 0 aliphatic rings. The maximum Gasteiger partial charge on any atom is 0.245 e. The summed E-state index contributed by atoms with van der Waals surface area (Å²) in [5.74, 6) is -13.7. The Morgan fingerprint density at radius 3 is 1.52 bits per heavy atom. The van der Waals surface area contributed by atoms with E-state index in [2.05, 4.69) is 68.5 Å². The van der Waals surface area contributed by atoms with Crippen LogP contribution in [0, 0.1) is 5.92 Å². The Morgan fingerprint density at radius 2 is 0.959 bits per heavy atom. The van der Waals surface area contributed by atoms with Crippen molar-refractivity contribution in [3.63, 3.8) is 0 Å². The summed E-state index contributed by atoms with van der Waals surface area (Å²) < 4.78 is 0. The van der Waals surface area contributed by atoms with Gasteiger partial charge in [-0.05, 0) is 79.3 Å². The van der Waals surface area contributed by atoms with Crippen LogP contribution in [-0.4, -0.2) is 184 Å². The first-order valence-corrected chi connectivity index (χ1v) is 31.5. The van der Waals surface area contributed by atoms with Crippen LogP contribution >= 0.6 is 0 Å². The highest BCUT2D eigenvalue weighted by Gasteiger charge is 2.36. The molecular weight excluding hydrogens is 1280 g/mol. The number of carbonyl (C=O) groups excluding carboxylic acids is 14. The lowest BCUT2D eigenvalue weighted by molar-refractivity contribution is -0.137. The second-order valence-corrected chi connectivity index (χ2v) is 23.6. The van der Waals surface area contributed by atoms with Gasteiger partial charge in [-0.1, -0.05) is 74.5 Å². The number of aliphatic hydroxyl groups is 1. The first-order chi connectivity index (χ1) is 46.4. The molecule has 1 aromatic heterocycles. The number of aromatic amines is 1. The molecule has 0 bridgehead atoms. The van der Waals surface area contributed by atoms with Crippen molar-refractivity contribution in [2.24, 2.45) is 39.6 Å². The standard InChI is InChI=1S/C64H90N18O16/c1-34(2)25-46(59(94)76-44(18-12-24-71-64(68)69)58(93)77-45(55(67)90)26-38-19-21-40(86)22-20-38)75-54(89)32-73-56(91)47(27-37-13-6-5-7-14-37)78-63(98)51(33-83)82-62(97)50(30-53(66)88)81-60(95)48(28-39-31-72-42-16-9-8-15-41(39)42)79-61(96)49(29-52(65)87)80-57(92)43(74-36(4)85)17-10-11-23-70-35(3)84/h5-9,13-16,19-22,31,34,43-51,72,83,86H,10-12,17-18,23-30,32-33H2,1-4H3,(H2,65,87)(H2,66,88)(H2,67,90)(H,70,84)(H,73,91)(H,74,85)(H,75,89)(H,76,94)(H,77,93)(H,78,98)(H,79,96)(H,80,92)(H,81,95)(H,82,97)(H4,68,69,71)/t43-,44-,45-,46-,47-,48-,49-,50-,51-/m0/s1. The SMILES string of the molecule is CC(=O)NCCCC[C@H](NC(C)=O)C(=O)N[C@@H](CC(N)=O)C(=O)N[C@@H](Cc1c[nH]c2ccccc12)C(=O)N[C@@H](CC(N)=O)C(=O)N[C@@H](CO)C(=O)N[C@@H](Cc1ccccc1)C(=O)NCC(=O)N[C@@H](CC(C)C)C(=O)N[C@@H](CCCN=C(N)N)C(=O)N[C@@H](Cc1ccc(O)cc1)C(N)=O. The highest BCUT2D eigenvalue weighted by atomic mass is 16.3. The average Bonchev–Trinajstić information content (AvgIpc) is 1.64. The second-order valence-electron chi connectivity index (χ2n) is 23.6. The van der Waals surface area contributed by atoms with E-state index in [9.17, 15) is 77.3 Å². The summed E-state index contributed by atoms with van der Waals surface area (Å²) in [5.41, 5.74) is 29.8. The zero-order chi connectivity index (χ0) is 72.6. The number of unbranched alkanes of at least 4 members (excludes halogenated alkanes) is 1. The molecule has 0 fully saturated rings. The third-order valence-corrected chi connectivity index (χ3v) is 14.9. The summed E-state index contributed by atoms with van der Waals surface area (Å²) in [6.07, 6.45) is 0.0133.